The molecule has 0 radical (unpaired) electrons. The number of carbonyl (C=O) groups excluding carboxylic acids is 1. The summed E-state index contributed by atoms with van der Waals surface area (Å²) in [6, 6.07) is 7.67. The molecular formula is C15H15BrN4O. The zero-order valence-electron chi connectivity index (χ0n) is 11.4. The van der Waals surface area contributed by atoms with Gasteiger partial charge in [0.2, 0.25) is 0 Å². The average molecular weight is 347 g/mol. The molecule has 0 saturated heterocycles. The molecule has 1 aliphatic rings. The van der Waals surface area contributed by atoms with Crippen LogP contribution >= 0.6 is 15.9 Å². The molecule has 0 fully saturated rings. The number of carbonyl (C=O) groups is 1. The van der Waals surface area contributed by atoms with E-state index in [0.29, 0.717) is 5.69 Å². The first-order valence-electron chi connectivity index (χ1n) is 6.87. The Morgan fingerprint density at radius 3 is 2.90 bits per heavy atom. The van der Waals surface area contributed by atoms with Crippen molar-refractivity contribution in [1.82, 2.24) is 15.0 Å². The van der Waals surface area contributed by atoms with Crippen LogP contribution in [-0.4, -0.2) is 21.7 Å². The fraction of sp³-hybridized carbons (Fsp3) is 0.267. The molecule has 1 aliphatic heterocycles. The predicted octanol–water partition coefficient (Wildman–Crippen LogP) is 2.75. The molecule has 0 bridgehead atoms. The Balaban J connectivity index is 1.63. The molecule has 1 N–H and O–H groups in total. The summed E-state index contributed by atoms with van der Waals surface area (Å²) in [5.41, 5.74) is 3.86. The summed E-state index contributed by atoms with van der Waals surface area (Å²) in [5.74, 6) is 0.716. The first-order valence-corrected chi connectivity index (χ1v) is 7.67. The molecule has 1 aromatic carbocycles. The van der Waals surface area contributed by atoms with Gasteiger partial charge in [0.25, 0.3) is 5.91 Å². The zero-order valence-corrected chi connectivity index (χ0v) is 13.0. The smallest absolute Gasteiger partial charge is 0.291 e. The second-order valence-electron chi connectivity index (χ2n) is 4.94. The number of benzene rings is 1. The van der Waals surface area contributed by atoms with Crippen LogP contribution in [0.3, 0.4) is 0 Å². The van der Waals surface area contributed by atoms with Gasteiger partial charge in [0, 0.05) is 23.6 Å². The van der Waals surface area contributed by atoms with Crippen molar-refractivity contribution in [3.8, 4) is 0 Å². The molecule has 0 atom stereocenters. The minimum Gasteiger partial charge on any atom is -0.334 e. The summed E-state index contributed by atoms with van der Waals surface area (Å²) < 4.78 is 3.06. The van der Waals surface area contributed by atoms with E-state index in [9.17, 15) is 4.79 Å². The Morgan fingerprint density at radius 2 is 2.14 bits per heavy atom. The standard InChI is InChI=1S/C15H15BrN4O/c16-12-6-4-11(5-7-12)9-17-19-15(21)13-10-20-8-2-1-3-14(20)18-13/h4-7,9-10H,1-3,8H2,(H,19,21)/b17-9-. The van der Waals surface area contributed by atoms with Crippen LogP contribution in [0.1, 0.15) is 34.7 Å². The normalized spacial score (nSPS) is 14.1. The van der Waals surface area contributed by atoms with Gasteiger partial charge < -0.3 is 4.57 Å². The zero-order chi connectivity index (χ0) is 14.7. The molecule has 1 amide bonds. The van der Waals surface area contributed by atoms with Crippen molar-refractivity contribution in [2.24, 2.45) is 5.10 Å². The number of hydrazone groups is 1. The van der Waals surface area contributed by atoms with E-state index >= 15 is 0 Å². The van der Waals surface area contributed by atoms with Crippen LogP contribution in [0.4, 0.5) is 0 Å². The molecule has 2 aromatic rings. The number of imidazole rings is 1. The van der Waals surface area contributed by atoms with Crippen molar-refractivity contribution < 1.29 is 4.79 Å². The highest BCUT2D eigenvalue weighted by molar-refractivity contribution is 9.10. The van der Waals surface area contributed by atoms with Crippen molar-refractivity contribution in [2.45, 2.75) is 25.8 Å². The minimum absolute atomic E-state index is 0.273. The third-order valence-corrected chi connectivity index (χ3v) is 3.92. The first-order chi connectivity index (χ1) is 10.2. The first kappa shape index (κ1) is 14.0. The lowest BCUT2D eigenvalue weighted by atomic mass is 10.2. The van der Waals surface area contributed by atoms with Crippen molar-refractivity contribution in [1.29, 1.82) is 0 Å². The number of amides is 1. The van der Waals surface area contributed by atoms with Gasteiger partial charge in [0.15, 0.2) is 0 Å². The third kappa shape index (κ3) is 3.39. The summed E-state index contributed by atoms with van der Waals surface area (Å²) in [4.78, 5) is 16.4. The second-order valence-corrected chi connectivity index (χ2v) is 5.86. The van der Waals surface area contributed by atoms with Gasteiger partial charge in [-0.15, -0.1) is 0 Å². The lowest BCUT2D eigenvalue weighted by Crippen LogP contribution is -2.18. The van der Waals surface area contributed by atoms with E-state index in [2.05, 4.69) is 36.0 Å². The SMILES string of the molecule is O=C(N/N=C\c1ccc(Br)cc1)c1cn2c(n1)CCCC2. The number of aromatic nitrogens is 2. The Bertz CT molecular complexity index is 652. The largest absolute Gasteiger partial charge is 0.334 e. The number of nitrogens with zero attached hydrogens (tertiary/aromatic N) is 3. The molecule has 0 unspecified atom stereocenters. The Kier molecular flexibility index (Phi) is 4.15. The Labute approximate surface area is 131 Å². The maximum Gasteiger partial charge on any atom is 0.291 e. The van der Waals surface area contributed by atoms with Crippen LogP contribution in [0, 0.1) is 0 Å². The number of nitrogens with one attached hydrogen (secondary N) is 1. The van der Waals surface area contributed by atoms with E-state index in [1.807, 2.05) is 24.3 Å². The van der Waals surface area contributed by atoms with Gasteiger partial charge >= 0.3 is 0 Å². The number of hydrogen-bond acceptors (Lipinski definition) is 3. The van der Waals surface area contributed by atoms with Crippen LogP contribution in [-0.2, 0) is 13.0 Å². The predicted molar refractivity (Wildman–Crippen MR) is 84.4 cm³/mol. The quantitative estimate of drug-likeness (QED) is 0.686. The molecule has 108 valence electrons. The molecule has 6 heteroatoms. The lowest BCUT2D eigenvalue weighted by Gasteiger charge is -2.11. The number of hydrogen-bond donors (Lipinski definition) is 1. The van der Waals surface area contributed by atoms with Crippen molar-refractivity contribution >= 4 is 28.1 Å². The average Bonchev–Trinajstić information content (AvgIpc) is 2.93. The van der Waals surface area contributed by atoms with Crippen LogP contribution in [0.25, 0.3) is 0 Å². The molecule has 3 rings (SSSR count). The van der Waals surface area contributed by atoms with E-state index in [-0.39, 0.29) is 5.91 Å². The maximum atomic E-state index is 12.0. The molecule has 2 heterocycles. The monoisotopic (exact) mass is 346 g/mol. The second kappa shape index (κ2) is 6.22. The number of rotatable bonds is 3. The van der Waals surface area contributed by atoms with E-state index < -0.39 is 0 Å². The van der Waals surface area contributed by atoms with Gasteiger partial charge in [-0.3, -0.25) is 4.79 Å². The highest BCUT2D eigenvalue weighted by Gasteiger charge is 2.16. The summed E-state index contributed by atoms with van der Waals surface area (Å²) in [6.45, 7) is 0.942. The van der Waals surface area contributed by atoms with Gasteiger partial charge in [-0.25, -0.2) is 10.4 Å². The maximum absolute atomic E-state index is 12.0. The van der Waals surface area contributed by atoms with Crippen LogP contribution in [0.5, 0.6) is 0 Å². The molecule has 21 heavy (non-hydrogen) atoms. The van der Waals surface area contributed by atoms with Crippen LogP contribution in [0.2, 0.25) is 0 Å². The number of aryl methyl sites for hydroxylation is 2. The number of fused-ring (bicyclic) bond motifs is 1. The highest BCUT2D eigenvalue weighted by atomic mass is 79.9. The minimum atomic E-state index is -0.273. The van der Waals surface area contributed by atoms with Crippen molar-refractivity contribution in [3.63, 3.8) is 0 Å². The summed E-state index contributed by atoms with van der Waals surface area (Å²) in [5, 5.41) is 3.96. The Morgan fingerprint density at radius 1 is 1.33 bits per heavy atom. The molecule has 0 aliphatic carbocycles. The van der Waals surface area contributed by atoms with E-state index in [0.717, 1.165) is 41.7 Å². The van der Waals surface area contributed by atoms with Crippen molar-refractivity contribution in [2.75, 3.05) is 0 Å². The van der Waals surface area contributed by atoms with Gasteiger partial charge in [0.05, 0.1) is 6.21 Å². The third-order valence-electron chi connectivity index (χ3n) is 3.39. The summed E-state index contributed by atoms with van der Waals surface area (Å²) in [6.07, 6.45) is 6.64. The number of halogens is 1. The molecule has 1 aromatic heterocycles. The fourth-order valence-electron chi connectivity index (χ4n) is 2.29. The molecular weight excluding hydrogens is 332 g/mol. The molecule has 5 nitrogen and oxygen atoms in total. The topological polar surface area (TPSA) is 59.3 Å². The van der Waals surface area contributed by atoms with Crippen LogP contribution < -0.4 is 5.43 Å². The molecule has 0 spiro atoms. The highest BCUT2D eigenvalue weighted by Crippen LogP contribution is 2.14. The van der Waals surface area contributed by atoms with Gasteiger partial charge in [-0.2, -0.15) is 5.10 Å². The van der Waals surface area contributed by atoms with Crippen LogP contribution in [0.15, 0.2) is 40.0 Å². The molecule has 0 saturated carbocycles. The van der Waals surface area contributed by atoms with Gasteiger partial charge in [-0.1, -0.05) is 28.1 Å². The van der Waals surface area contributed by atoms with E-state index in [1.165, 1.54) is 0 Å². The summed E-state index contributed by atoms with van der Waals surface area (Å²) in [7, 11) is 0. The van der Waals surface area contributed by atoms with Gasteiger partial charge in [-0.05, 0) is 30.5 Å². The lowest BCUT2D eigenvalue weighted by molar-refractivity contribution is 0.0950. The van der Waals surface area contributed by atoms with Crippen molar-refractivity contribution in [3.05, 3.63) is 52.0 Å². The van der Waals surface area contributed by atoms with Gasteiger partial charge in [0.1, 0.15) is 11.5 Å². The Hall–Kier alpha value is -1.95. The van der Waals surface area contributed by atoms with E-state index in [1.54, 1.807) is 12.4 Å². The summed E-state index contributed by atoms with van der Waals surface area (Å²) >= 11 is 3.37. The fourth-order valence-corrected chi connectivity index (χ4v) is 2.56. The van der Waals surface area contributed by atoms with E-state index in [4.69, 9.17) is 0 Å².